The van der Waals surface area contributed by atoms with Gasteiger partial charge in [0.05, 0.1) is 11.4 Å². The quantitative estimate of drug-likeness (QED) is 0.253. The Labute approximate surface area is 193 Å². The molecule has 2 aromatic carbocycles. The van der Waals surface area contributed by atoms with Gasteiger partial charge in [0.25, 0.3) is 0 Å². The van der Waals surface area contributed by atoms with Crippen molar-refractivity contribution in [3.63, 3.8) is 0 Å². The zero-order valence-electron chi connectivity index (χ0n) is 16.6. The minimum Gasteiger partial charge on any atom is -0.357 e. The summed E-state index contributed by atoms with van der Waals surface area (Å²) in [7, 11) is -3.75. The van der Waals surface area contributed by atoms with Crippen LogP contribution in [0.15, 0.2) is 58.4 Å². The molecule has 0 saturated heterocycles. The summed E-state index contributed by atoms with van der Waals surface area (Å²) in [6, 6.07) is 14.2. The van der Waals surface area contributed by atoms with Crippen molar-refractivity contribution in [2.45, 2.75) is 30.7 Å². The van der Waals surface area contributed by atoms with E-state index in [1.807, 2.05) is 31.2 Å². The number of aliphatic imine (C=N–C) groups is 1. The van der Waals surface area contributed by atoms with Crippen molar-refractivity contribution >= 4 is 51.6 Å². The van der Waals surface area contributed by atoms with E-state index in [0.717, 1.165) is 16.8 Å². The van der Waals surface area contributed by atoms with Crippen LogP contribution in [-0.4, -0.2) is 33.4 Å². The fraction of sp³-hybridized carbons (Fsp3) is 0.300. The summed E-state index contributed by atoms with van der Waals surface area (Å²) in [5.74, 6) is 0.628. The highest BCUT2D eigenvalue weighted by Crippen LogP contribution is 2.31. The highest BCUT2D eigenvalue weighted by Gasteiger charge is 2.24. The molecule has 0 aliphatic carbocycles. The number of nitrogens with one attached hydrogen (secondary N) is 3. The predicted octanol–water partition coefficient (Wildman–Crippen LogP) is 2.13. The largest absolute Gasteiger partial charge is 0.357 e. The number of anilines is 1. The van der Waals surface area contributed by atoms with Gasteiger partial charge in [-0.05, 0) is 36.2 Å². The maximum atomic E-state index is 12.0. The van der Waals surface area contributed by atoms with E-state index >= 15 is 0 Å². The molecule has 0 saturated carbocycles. The van der Waals surface area contributed by atoms with Crippen LogP contribution in [0.25, 0.3) is 0 Å². The van der Waals surface area contributed by atoms with Gasteiger partial charge in [-0.3, -0.25) is 4.79 Å². The molecule has 2 aromatic rings. The number of nitrogens with zero attached hydrogens (tertiary/aromatic N) is 1. The number of para-hydroxylation sites is 1. The molecule has 5 N–H and O–H groups in total. The summed E-state index contributed by atoms with van der Waals surface area (Å²) in [6.07, 6.45) is 0.403. The minimum absolute atomic E-state index is 0. The van der Waals surface area contributed by atoms with Crippen molar-refractivity contribution in [3.8, 4) is 0 Å². The number of nitrogens with two attached hydrogens (primary N) is 1. The topological polar surface area (TPSA) is 126 Å². The molecule has 10 heteroatoms. The van der Waals surface area contributed by atoms with Gasteiger partial charge >= 0.3 is 0 Å². The highest BCUT2D eigenvalue weighted by atomic mass is 127. The monoisotopic (exact) mass is 543 g/mol. The van der Waals surface area contributed by atoms with Crippen LogP contribution in [0.2, 0.25) is 0 Å². The van der Waals surface area contributed by atoms with Gasteiger partial charge in [-0.1, -0.05) is 30.3 Å². The Morgan fingerprint density at radius 2 is 1.97 bits per heavy atom. The Morgan fingerprint density at radius 3 is 2.70 bits per heavy atom. The molecule has 1 atom stereocenters. The fourth-order valence-corrected chi connectivity index (χ4v) is 3.82. The van der Waals surface area contributed by atoms with Gasteiger partial charge in [0, 0.05) is 31.1 Å². The molecule has 1 amide bonds. The summed E-state index contributed by atoms with van der Waals surface area (Å²) < 4.78 is 23.0. The standard InChI is InChI=1S/C20H25N5O3S.HI/c1-2-22-20(23-12-14-6-5-7-16(10-14)29(21,27)28)24-13-15-11-19(26)25-18-9-4-3-8-17(15)18;/h3-10,15H,2,11-13H2,1H3,(H,25,26)(H2,21,27,28)(H2,22,23,24);1H. The van der Waals surface area contributed by atoms with Crippen molar-refractivity contribution in [2.24, 2.45) is 10.1 Å². The average Bonchev–Trinajstić information content (AvgIpc) is 2.69. The van der Waals surface area contributed by atoms with Gasteiger partial charge in [-0.2, -0.15) is 0 Å². The molecule has 0 aromatic heterocycles. The molecule has 1 heterocycles. The molecule has 1 unspecified atom stereocenters. The molecule has 0 spiro atoms. The molecule has 162 valence electrons. The second-order valence-corrected chi connectivity index (χ2v) is 8.37. The second-order valence-electron chi connectivity index (χ2n) is 6.80. The molecule has 3 rings (SSSR count). The number of halogens is 1. The molecule has 1 aliphatic heterocycles. The third-order valence-corrected chi connectivity index (χ3v) is 5.52. The van der Waals surface area contributed by atoms with Gasteiger partial charge in [0.15, 0.2) is 5.96 Å². The van der Waals surface area contributed by atoms with Crippen LogP contribution in [0, 0.1) is 0 Å². The van der Waals surface area contributed by atoms with Crippen molar-refractivity contribution in [2.75, 3.05) is 18.4 Å². The molecule has 8 nitrogen and oxygen atoms in total. The third-order valence-electron chi connectivity index (χ3n) is 4.61. The van der Waals surface area contributed by atoms with Crippen LogP contribution in [0.1, 0.15) is 30.4 Å². The van der Waals surface area contributed by atoms with E-state index < -0.39 is 10.0 Å². The van der Waals surface area contributed by atoms with Gasteiger partial charge in [0.1, 0.15) is 0 Å². The van der Waals surface area contributed by atoms with E-state index in [-0.39, 0.29) is 40.7 Å². The summed E-state index contributed by atoms with van der Waals surface area (Å²) >= 11 is 0. The number of carbonyl (C=O) groups is 1. The molecule has 0 radical (unpaired) electrons. The van der Waals surface area contributed by atoms with E-state index in [2.05, 4.69) is 20.9 Å². The first-order chi connectivity index (χ1) is 13.9. The molecule has 30 heavy (non-hydrogen) atoms. The summed E-state index contributed by atoms with van der Waals surface area (Å²) in [5, 5.41) is 14.5. The maximum Gasteiger partial charge on any atom is 0.238 e. The lowest BCUT2D eigenvalue weighted by atomic mass is 9.90. The molecule has 1 aliphatic rings. The van der Waals surface area contributed by atoms with Crippen molar-refractivity contribution in [1.29, 1.82) is 0 Å². The van der Waals surface area contributed by atoms with Crippen molar-refractivity contribution in [3.05, 3.63) is 59.7 Å². The van der Waals surface area contributed by atoms with E-state index in [1.54, 1.807) is 12.1 Å². The van der Waals surface area contributed by atoms with Gasteiger partial charge < -0.3 is 16.0 Å². The zero-order chi connectivity index (χ0) is 20.9. The van der Waals surface area contributed by atoms with Gasteiger partial charge in [-0.15, -0.1) is 24.0 Å². The number of rotatable bonds is 6. The fourth-order valence-electron chi connectivity index (χ4n) is 3.24. The Bertz CT molecular complexity index is 1030. The number of fused-ring (bicyclic) bond motifs is 1. The molecule has 0 fully saturated rings. The number of guanidine groups is 1. The first-order valence-corrected chi connectivity index (χ1v) is 10.9. The average molecular weight is 543 g/mol. The lowest BCUT2D eigenvalue weighted by Crippen LogP contribution is -2.40. The minimum atomic E-state index is -3.75. The molecule has 0 bridgehead atoms. The normalized spacial score (nSPS) is 16.1. The first-order valence-electron chi connectivity index (χ1n) is 9.39. The lowest BCUT2D eigenvalue weighted by Gasteiger charge is -2.26. The maximum absolute atomic E-state index is 12.0. The summed E-state index contributed by atoms with van der Waals surface area (Å²) in [4.78, 5) is 16.6. The van der Waals surface area contributed by atoms with Crippen LogP contribution >= 0.6 is 24.0 Å². The number of amides is 1. The number of hydrogen-bond acceptors (Lipinski definition) is 4. The lowest BCUT2D eigenvalue weighted by molar-refractivity contribution is -0.116. The SMILES string of the molecule is CCNC(=NCc1cccc(S(N)(=O)=O)c1)NCC1CC(=O)Nc2ccccc21.I. The molecular formula is C20H26IN5O3S. The smallest absolute Gasteiger partial charge is 0.238 e. The Hall–Kier alpha value is -2.18. The van der Waals surface area contributed by atoms with E-state index in [4.69, 9.17) is 5.14 Å². The number of sulfonamides is 1. The van der Waals surface area contributed by atoms with Crippen molar-refractivity contribution in [1.82, 2.24) is 10.6 Å². The van der Waals surface area contributed by atoms with E-state index in [9.17, 15) is 13.2 Å². The summed E-state index contributed by atoms with van der Waals surface area (Å²) in [6.45, 7) is 3.47. The van der Waals surface area contributed by atoms with E-state index in [1.165, 1.54) is 12.1 Å². The van der Waals surface area contributed by atoms with Crippen LogP contribution in [0.3, 0.4) is 0 Å². The highest BCUT2D eigenvalue weighted by molar-refractivity contribution is 14.0. The van der Waals surface area contributed by atoms with Crippen LogP contribution in [0.4, 0.5) is 5.69 Å². The van der Waals surface area contributed by atoms with Gasteiger partial charge in [-0.25, -0.2) is 18.5 Å². The van der Waals surface area contributed by atoms with Crippen molar-refractivity contribution < 1.29 is 13.2 Å². The Kier molecular flexibility index (Phi) is 8.62. The number of hydrogen-bond donors (Lipinski definition) is 4. The van der Waals surface area contributed by atoms with Gasteiger partial charge in [0.2, 0.25) is 15.9 Å². The summed E-state index contributed by atoms with van der Waals surface area (Å²) in [5.41, 5.74) is 2.67. The Morgan fingerprint density at radius 1 is 1.20 bits per heavy atom. The Balaban J connectivity index is 0.00000320. The zero-order valence-corrected chi connectivity index (χ0v) is 19.7. The van der Waals surface area contributed by atoms with Crippen LogP contribution in [-0.2, 0) is 21.4 Å². The van der Waals surface area contributed by atoms with Crippen LogP contribution < -0.4 is 21.1 Å². The second kappa shape index (κ2) is 10.7. The first kappa shape index (κ1) is 24.1. The third kappa shape index (κ3) is 6.41. The van der Waals surface area contributed by atoms with Crippen LogP contribution in [0.5, 0.6) is 0 Å². The number of carbonyl (C=O) groups excluding carboxylic acids is 1. The number of primary sulfonamides is 1. The number of benzene rings is 2. The molecular weight excluding hydrogens is 517 g/mol. The van der Waals surface area contributed by atoms with E-state index in [0.29, 0.717) is 32.0 Å². The predicted molar refractivity (Wildman–Crippen MR) is 128 cm³/mol.